The van der Waals surface area contributed by atoms with E-state index < -0.39 is 27.8 Å². The van der Waals surface area contributed by atoms with Crippen molar-refractivity contribution in [2.45, 2.75) is 70.7 Å². The topological polar surface area (TPSA) is 108 Å². The van der Waals surface area contributed by atoms with Crippen molar-refractivity contribution in [3.63, 3.8) is 0 Å². The maximum Gasteiger partial charge on any atom is 0.243 e. The van der Waals surface area contributed by atoms with Crippen molar-refractivity contribution >= 4 is 21.6 Å². The molecule has 0 bridgehead atoms. The van der Waals surface area contributed by atoms with Gasteiger partial charge >= 0.3 is 0 Å². The van der Waals surface area contributed by atoms with Crippen molar-refractivity contribution in [3.05, 3.63) is 65.1 Å². The zero-order valence-corrected chi connectivity index (χ0v) is 25.0. The first-order chi connectivity index (χ1) is 18.3. The molecule has 1 aliphatic rings. The third kappa shape index (κ3) is 6.66. The largest absolute Gasteiger partial charge is 0.485 e. The first-order valence-electron chi connectivity index (χ1n) is 13.3. The first kappa shape index (κ1) is 29.6. The number of aromatic amines is 1. The molecule has 39 heavy (non-hydrogen) atoms. The van der Waals surface area contributed by atoms with Crippen LogP contribution in [0.4, 0.5) is 0 Å². The molecule has 2 aromatic carbocycles. The summed E-state index contributed by atoms with van der Waals surface area (Å²) in [6.45, 7) is 12.9. The molecule has 0 amide bonds. The molecule has 3 N–H and O–H groups in total. The molecule has 0 aliphatic carbocycles. The Morgan fingerprint density at radius 2 is 1.74 bits per heavy atom. The van der Waals surface area contributed by atoms with E-state index in [9.17, 15) is 13.5 Å². The fraction of sp³-hybridized carbons (Fsp3) is 0.483. The molecule has 8 nitrogen and oxygen atoms in total. The number of nitrogens with zero attached hydrogens (tertiary/aromatic N) is 2. The predicted octanol–water partition coefficient (Wildman–Crippen LogP) is 5.40. The van der Waals surface area contributed by atoms with Gasteiger partial charge < -0.3 is 20.1 Å². The number of fused-ring (bicyclic) bond motifs is 1. The lowest BCUT2D eigenvalue weighted by Crippen LogP contribution is -2.52. The van der Waals surface area contributed by atoms with Crippen LogP contribution in [0, 0.1) is 11.8 Å². The van der Waals surface area contributed by atoms with Crippen LogP contribution in [-0.2, 0) is 16.6 Å². The molecule has 0 unspecified atom stereocenters. The molecule has 2 heterocycles. The highest BCUT2D eigenvalue weighted by Gasteiger charge is 2.43. The second kappa shape index (κ2) is 11.6. The summed E-state index contributed by atoms with van der Waals surface area (Å²) in [6.07, 6.45) is 0.817. The van der Waals surface area contributed by atoms with E-state index in [4.69, 9.17) is 16.3 Å². The highest BCUT2D eigenvalue weighted by Crippen LogP contribution is 2.41. The number of hydrogen-bond donors (Lipinski definition) is 3. The number of sulfonamides is 1. The maximum atomic E-state index is 13.7. The van der Waals surface area contributed by atoms with Crippen molar-refractivity contribution in [3.8, 4) is 17.0 Å². The highest BCUT2D eigenvalue weighted by atomic mass is 35.5. The number of hydrogen-bond acceptors (Lipinski definition) is 6. The Morgan fingerprint density at radius 3 is 2.36 bits per heavy atom. The van der Waals surface area contributed by atoms with Gasteiger partial charge in [-0.2, -0.15) is 4.31 Å². The van der Waals surface area contributed by atoms with Crippen LogP contribution in [0.5, 0.6) is 5.75 Å². The average Bonchev–Trinajstić information content (AvgIpc) is 3.32. The van der Waals surface area contributed by atoms with Gasteiger partial charge in [-0.1, -0.05) is 51.4 Å². The minimum atomic E-state index is -3.75. The van der Waals surface area contributed by atoms with Gasteiger partial charge in [0.2, 0.25) is 10.0 Å². The van der Waals surface area contributed by atoms with Gasteiger partial charge in [-0.05, 0) is 61.6 Å². The van der Waals surface area contributed by atoms with Gasteiger partial charge in [0.05, 0.1) is 29.4 Å². The van der Waals surface area contributed by atoms with E-state index in [0.29, 0.717) is 41.8 Å². The van der Waals surface area contributed by atoms with Crippen molar-refractivity contribution in [1.29, 1.82) is 0 Å². The highest BCUT2D eigenvalue weighted by molar-refractivity contribution is 7.89. The van der Waals surface area contributed by atoms with Gasteiger partial charge in [-0.3, -0.25) is 0 Å². The van der Waals surface area contributed by atoms with Gasteiger partial charge in [-0.15, -0.1) is 0 Å². The zero-order valence-electron chi connectivity index (χ0n) is 23.4. The van der Waals surface area contributed by atoms with Crippen LogP contribution < -0.4 is 10.1 Å². The summed E-state index contributed by atoms with van der Waals surface area (Å²) in [7, 11) is -3.75. The number of nitrogens with one attached hydrogen (secondary N) is 2. The molecule has 0 saturated carbocycles. The minimum Gasteiger partial charge on any atom is -0.485 e. The third-order valence-electron chi connectivity index (χ3n) is 6.77. The van der Waals surface area contributed by atoms with Crippen LogP contribution >= 0.6 is 11.6 Å². The molecular formula is C29H39ClN4O4S. The van der Waals surface area contributed by atoms with Crippen LogP contribution in [0.2, 0.25) is 5.02 Å². The van der Waals surface area contributed by atoms with Gasteiger partial charge in [0.1, 0.15) is 23.3 Å². The molecule has 4 rings (SSSR count). The van der Waals surface area contributed by atoms with Crippen LogP contribution in [0.15, 0.2) is 53.6 Å². The molecule has 3 aromatic rings. The Balaban J connectivity index is 1.63. The zero-order chi connectivity index (χ0) is 28.5. The van der Waals surface area contributed by atoms with E-state index in [1.54, 1.807) is 28.7 Å². The van der Waals surface area contributed by atoms with Gasteiger partial charge in [0, 0.05) is 23.7 Å². The van der Waals surface area contributed by atoms with Crippen LogP contribution in [-0.4, -0.2) is 52.6 Å². The second-order valence-corrected chi connectivity index (χ2v) is 13.9. The quantitative estimate of drug-likeness (QED) is 0.299. The number of halogens is 1. The molecule has 1 aliphatic heterocycles. The molecule has 212 valence electrons. The predicted molar refractivity (Wildman–Crippen MR) is 154 cm³/mol. The molecule has 0 fully saturated rings. The maximum absolute atomic E-state index is 13.7. The van der Waals surface area contributed by atoms with Gasteiger partial charge in [0.25, 0.3) is 0 Å². The van der Waals surface area contributed by atoms with Crippen molar-refractivity contribution in [2.75, 3.05) is 13.1 Å². The number of aromatic nitrogens is 2. The molecule has 0 radical (unpaired) electrons. The minimum absolute atomic E-state index is 0.183. The van der Waals surface area contributed by atoms with E-state index in [1.807, 2.05) is 65.8 Å². The molecule has 0 saturated heterocycles. The van der Waals surface area contributed by atoms with E-state index in [0.717, 1.165) is 11.3 Å². The first-order valence-corrected chi connectivity index (χ1v) is 15.1. The second-order valence-electron chi connectivity index (χ2n) is 11.6. The van der Waals surface area contributed by atoms with Crippen molar-refractivity contribution in [1.82, 2.24) is 19.6 Å². The fourth-order valence-electron chi connectivity index (χ4n) is 4.83. The average molecular weight is 575 g/mol. The van der Waals surface area contributed by atoms with Crippen LogP contribution in [0.3, 0.4) is 0 Å². The Labute approximate surface area is 236 Å². The number of rotatable bonds is 10. The number of ether oxygens (including phenoxy) is 1. The van der Waals surface area contributed by atoms with Crippen molar-refractivity contribution in [2.24, 2.45) is 11.8 Å². The molecule has 2 atom stereocenters. The van der Waals surface area contributed by atoms with E-state index >= 15 is 0 Å². The summed E-state index contributed by atoms with van der Waals surface area (Å²) in [4.78, 5) is 7.98. The number of H-pyrrole nitrogens is 1. The number of aliphatic hydroxyl groups is 1. The van der Waals surface area contributed by atoms with E-state index in [-0.39, 0.29) is 16.7 Å². The summed E-state index contributed by atoms with van der Waals surface area (Å²) < 4.78 is 35.1. The lowest BCUT2D eigenvalue weighted by atomic mass is 9.86. The molecule has 1 aromatic heterocycles. The SMILES string of the molecule is CC(C)CN(CC(C)C)S(=O)(=O)c1ccc2c(c1)[C@@H](NCc1ncc(-c3ccc(Cl)cc3)[nH]1)[C@H](O)C(C)(C)O2. The lowest BCUT2D eigenvalue weighted by molar-refractivity contribution is -0.0651. The standard InChI is InChI=1S/C29H39ClN4O4S/c1-18(2)16-34(17-19(3)4)39(36,37)22-11-12-25-23(13-22)27(28(35)29(5,6)38-25)32-15-26-31-14-24(33-26)20-7-9-21(30)10-8-20/h7-14,18-19,27-28,32,35H,15-17H2,1-6H3,(H,31,33)/t27-,28+/m1/s1. The van der Waals surface area contributed by atoms with E-state index in [2.05, 4.69) is 15.3 Å². The Bertz CT molecular complexity index is 1380. The molecular weight excluding hydrogens is 536 g/mol. The number of imidazole rings is 1. The van der Waals surface area contributed by atoms with E-state index in [1.165, 1.54) is 0 Å². The summed E-state index contributed by atoms with van der Waals surface area (Å²) in [5.74, 6) is 1.59. The summed E-state index contributed by atoms with van der Waals surface area (Å²) in [6, 6.07) is 11.8. The monoisotopic (exact) mass is 574 g/mol. The summed E-state index contributed by atoms with van der Waals surface area (Å²) >= 11 is 6.01. The lowest BCUT2D eigenvalue weighted by Gasteiger charge is -2.42. The number of benzene rings is 2. The Hall–Kier alpha value is -2.43. The third-order valence-corrected chi connectivity index (χ3v) is 8.85. The molecule has 0 spiro atoms. The van der Waals surface area contributed by atoms with Gasteiger partial charge in [0.15, 0.2) is 0 Å². The van der Waals surface area contributed by atoms with Crippen LogP contribution in [0.25, 0.3) is 11.3 Å². The Kier molecular flexibility index (Phi) is 8.78. The Morgan fingerprint density at radius 1 is 1.10 bits per heavy atom. The summed E-state index contributed by atoms with van der Waals surface area (Å²) in [5, 5.41) is 15.3. The van der Waals surface area contributed by atoms with Gasteiger partial charge in [-0.25, -0.2) is 13.4 Å². The summed E-state index contributed by atoms with van der Waals surface area (Å²) in [5.41, 5.74) is 1.52. The smallest absolute Gasteiger partial charge is 0.243 e. The number of aliphatic hydroxyl groups excluding tert-OH is 1. The van der Waals surface area contributed by atoms with Crippen molar-refractivity contribution < 1.29 is 18.3 Å². The molecule has 10 heteroatoms. The normalized spacial score (nSPS) is 18.9. The fourth-order valence-corrected chi connectivity index (χ4v) is 6.76. The van der Waals surface area contributed by atoms with Crippen LogP contribution in [0.1, 0.15) is 59.0 Å².